The lowest BCUT2D eigenvalue weighted by atomic mass is 10.1. The van der Waals surface area contributed by atoms with Crippen LogP contribution in [0.4, 0.5) is 5.69 Å². The molecular formula is C15H16ClNOS. The molecule has 0 radical (unpaired) electrons. The van der Waals surface area contributed by atoms with E-state index in [-0.39, 0.29) is 11.8 Å². The third kappa shape index (κ3) is 3.37. The maximum Gasteiger partial charge on any atom is 0.242 e. The lowest BCUT2D eigenvalue weighted by Gasteiger charge is -2.24. The van der Waals surface area contributed by atoms with Crippen LogP contribution in [0.2, 0.25) is 0 Å². The molecule has 0 bridgehead atoms. The molecule has 0 aliphatic heterocycles. The fourth-order valence-corrected chi connectivity index (χ4v) is 2.85. The molecule has 0 spiro atoms. The quantitative estimate of drug-likeness (QED) is 0.761. The Labute approximate surface area is 122 Å². The minimum absolute atomic E-state index is 0.00340. The molecule has 1 aromatic heterocycles. The van der Waals surface area contributed by atoms with E-state index in [0.717, 1.165) is 22.5 Å². The summed E-state index contributed by atoms with van der Waals surface area (Å²) >= 11 is 7.39. The van der Waals surface area contributed by atoms with Crippen LogP contribution >= 0.6 is 22.9 Å². The maximum atomic E-state index is 12.1. The Morgan fingerprint density at radius 1 is 1.26 bits per heavy atom. The van der Waals surface area contributed by atoms with Crippen molar-refractivity contribution < 1.29 is 4.79 Å². The molecule has 0 aliphatic rings. The predicted octanol–water partition coefficient (Wildman–Crippen LogP) is 4.08. The molecule has 0 unspecified atom stereocenters. The number of aryl methyl sites for hydroxylation is 1. The highest BCUT2D eigenvalue weighted by molar-refractivity contribution is 7.09. The van der Waals surface area contributed by atoms with Crippen molar-refractivity contribution in [2.45, 2.75) is 19.9 Å². The van der Waals surface area contributed by atoms with Crippen molar-refractivity contribution in [2.75, 3.05) is 10.8 Å². The summed E-state index contributed by atoms with van der Waals surface area (Å²) in [7, 11) is 0. The zero-order valence-corrected chi connectivity index (χ0v) is 12.4. The molecule has 2 rings (SSSR count). The summed E-state index contributed by atoms with van der Waals surface area (Å²) in [6.45, 7) is 2.67. The predicted molar refractivity (Wildman–Crippen MR) is 82.0 cm³/mol. The van der Waals surface area contributed by atoms with Crippen molar-refractivity contribution in [3.63, 3.8) is 0 Å². The van der Waals surface area contributed by atoms with E-state index in [1.54, 1.807) is 16.2 Å². The molecule has 0 N–H and O–H groups in total. The molecule has 0 atom stereocenters. The van der Waals surface area contributed by atoms with E-state index in [0.29, 0.717) is 6.54 Å². The fourth-order valence-electron chi connectivity index (χ4n) is 2.01. The van der Waals surface area contributed by atoms with Gasteiger partial charge in [-0.25, -0.2) is 0 Å². The van der Waals surface area contributed by atoms with E-state index >= 15 is 0 Å². The topological polar surface area (TPSA) is 20.3 Å². The molecule has 1 aromatic carbocycles. The van der Waals surface area contributed by atoms with E-state index in [2.05, 4.69) is 13.0 Å². The van der Waals surface area contributed by atoms with E-state index in [9.17, 15) is 4.79 Å². The second kappa shape index (κ2) is 6.73. The van der Waals surface area contributed by atoms with E-state index in [4.69, 9.17) is 11.6 Å². The number of rotatable bonds is 5. The number of alkyl halides is 1. The number of para-hydroxylation sites is 1. The number of benzene rings is 1. The number of anilines is 1. The number of nitrogens with zero attached hydrogens (tertiary/aromatic N) is 1. The first-order chi connectivity index (χ1) is 9.26. The lowest BCUT2D eigenvalue weighted by molar-refractivity contribution is -0.116. The summed E-state index contributed by atoms with van der Waals surface area (Å²) in [6, 6.07) is 12.0. The van der Waals surface area contributed by atoms with Crippen LogP contribution in [0.3, 0.4) is 0 Å². The number of carbonyl (C=O) groups is 1. The van der Waals surface area contributed by atoms with Crippen molar-refractivity contribution in [1.82, 2.24) is 0 Å². The summed E-state index contributed by atoms with van der Waals surface area (Å²) in [4.78, 5) is 15.0. The normalized spacial score (nSPS) is 10.4. The minimum atomic E-state index is -0.0593. The molecule has 19 heavy (non-hydrogen) atoms. The highest BCUT2D eigenvalue weighted by Crippen LogP contribution is 2.24. The molecule has 0 aliphatic carbocycles. The summed E-state index contributed by atoms with van der Waals surface area (Å²) in [5, 5.41) is 2.02. The number of hydrogen-bond acceptors (Lipinski definition) is 2. The van der Waals surface area contributed by atoms with Crippen LogP contribution in [0, 0.1) is 0 Å². The van der Waals surface area contributed by atoms with E-state index < -0.39 is 0 Å². The monoisotopic (exact) mass is 293 g/mol. The van der Waals surface area contributed by atoms with Gasteiger partial charge in [-0.1, -0.05) is 31.2 Å². The van der Waals surface area contributed by atoms with Gasteiger partial charge in [0, 0.05) is 10.6 Å². The average Bonchev–Trinajstić information content (AvgIpc) is 2.97. The molecule has 0 saturated carbocycles. The minimum Gasteiger partial charge on any atom is -0.306 e. The molecule has 1 amide bonds. The Kier molecular flexibility index (Phi) is 5.00. The molecule has 0 saturated heterocycles. The average molecular weight is 294 g/mol. The largest absolute Gasteiger partial charge is 0.306 e. The Morgan fingerprint density at radius 2 is 2.05 bits per heavy atom. The number of thiophene rings is 1. The second-order valence-electron chi connectivity index (χ2n) is 4.18. The van der Waals surface area contributed by atoms with Gasteiger partial charge in [0.2, 0.25) is 5.91 Å². The van der Waals surface area contributed by atoms with Gasteiger partial charge in [0.1, 0.15) is 5.88 Å². The van der Waals surface area contributed by atoms with E-state index in [1.807, 2.05) is 35.7 Å². The van der Waals surface area contributed by atoms with Gasteiger partial charge in [0.25, 0.3) is 0 Å². The van der Waals surface area contributed by atoms with Gasteiger partial charge in [0.15, 0.2) is 0 Å². The van der Waals surface area contributed by atoms with Crippen LogP contribution in [0.1, 0.15) is 17.4 Å². The lowest BCUT2D eigenvalue weighted by Crippen LogP contribution is -2.31. The maximum absolute atomic E-state index is 12.1. The first-order valence-corrected chi connectivity index (χ1v) is 7.64. The zero-order chi connectivity index (χ0) is 13.7. The highest BCUT2D eigenvalue weighted by atomic mass is 35.5. The third-order valence-electron chi connectivity index (χ3n) is 2.97. The van der Waals surface area contributed by atoms with Crippen LogP contribution in [-0.2, 0) is 17.8 Å². The van der Waals surface area contributed by atoms with Crippen molar-refractivity contribution in [1.29, 1.82) is 0 Å². The molecule has 2 nitrogen and oxygen atoms in total. The number of hydrogen-bond donors (Lipinski definition) is 0. The van der Waals surface area contributed by atoms with Crippen LogP contribution in [-0.4, -0.2) is 11.8 Å². The molecular weight excluding hydrogens is 278 g/mol. The van der Waals surface area contributed by atoms with Gasteiger partial charge in [-0.15, -0.1) is 22.9 Å². The van der Waals surface area contributed by atoms with Gasteiger partial charge < -0.3 is 4.90 Å². The number of amides is 1. The Balaban J connectivity index is 2.34. The Hall–Kier alpha value is -1.32. The molecule has 4 heteroatoms. The molecule has 2 aromatic rings. The first kappa shape index (κ1) is 14.1. The summed E-state index contributed by atoms with van der Waals surface area (Å²) in [5.74, 6) is -0.0559. The number of carbonyl (C=O) groups excluding carboxylic acids is 1. The van der Waals surface area contributed by atoms with Crippen molar-refractivity contribution >= 4 is 34.5 Å². The first-order valence-electron chi connectivity index (χ1n) is 6.23. The third-order valence-corrected chi connectivity index (χ3v) is 4.06. The van der Waals surface area contributed by atoms with Crippen LogP contribution < -0.4 is 4.90 Å². The number of halogens is 1. The van der Waals surface area contributed by atoms with Crippen molar-refractivity contribution in [2.24, 2.45) is 0 Å². The molecule has 1 heterocycles. The smallest absolute Gasteiger partial charge is 0.242 e. The van der Waals surface area contributed by atoms with Gasteiger partial charge in [0.05, 0.1) is 6.54 Å². The standard InChI is InChI=1S/C15H16ClNOS/c1-2-12-6-3-4-8-14(12)17(15(18)10-16)11-13-7-5-9-19-13/h3-9H,2,10-11H2,1H3. The van der Waals surface area contributed by atoms with Crippen LogP contribution in [0.5, 0.6) is 0 Å². The highest BCUT2D eigenvalue weighted by Gasteiger charge is 2.17. The van der Waals surface area contributed by atoms with Gasteiger partial charge in [-0.05, 0) is 29.5 Å². The van der Waals surface area contributed by atoms with Gasteiger partial charge >= 0.3 is 0 Å². The zero-order valence-electron chi connectivity index (χ0n) is 10.8. The second-order valence-corrected chi connectivity index (χ2v) is 5.47. The van der Waals surface area contributed by atoms with E-state index in [1.165, 1.54) is 0 Å². The summed E-state index contributed by atoms with van der Waals surface area (Å²) in [5.41, 5.74) is 2.13. The Bertz CT molecular complexity index is 539. The van der Waals surface area contributed by atoms with Gasteiger partial charge in [-0.2, -0.15) is 0 Å². The molecule has 100 valence electrons. The van der Waals surface area contributed by atoms with Crippen molar-refractivity contribution in [3.8, 4) is 0 Å². The van der Waals surface area contributed by atoms with Crippen LogP contribution in [0.15, 0.2) is 41.8 Å². The fraction of sp³-hybridized carbons (Fsp3) is 0.267. The van der Waals surface area contributed by atoms with Crippen molar-refractivity contribution in [3.05, 3.63) is 52.2 Å². The SMILES string of the molecule is CCc1ccccc1N(Cc1cccs1)C(=O)CCl. The molecule has 0 fully saturated rings. The van der Waals surface area contributed by atoms with Gasteiger partial charge in [-0.3, -0.25) is 4.79 Å². The van der Waals surface area contributed by atoms with Crippen LogP contribution in [0.25, 0.3) is 0 Å². The Morgan fingerprint density at radius 3 is 2.68 bits per heavy atom. The summed E-state index contributed by atoms with van der Waals surface area (Å²) < 4.78 is 0. The summed E-state index contributed by atoms with van der Waals surface area (Å²) in [6.07, 6.45) is 0.896.